The third-order valence-corrected chi connectivity index (χ3v) is 4.20. The Balaban J connectivity index is 1.61. The van der Waals surface area contributed by atoms with Gasteiger partial charge in [0.15, 0.2) is 0 Å². The summed E-state index contributed by atoms with van der Waals surface area (Å²) in [5.74, 6) is 1.63. The fourth-order valence-electron chi connectivity index (χ4n) is 2.79. The second kappa shape index (κ2) is 9.15. The van der Waals surface area contributed by atoms with Crippen molar-refractivity contribution >= 4 is 17.5 Å². The number of nitrogens with one attached hydrogen (secondary N) is 2. The van der Waals surface area contributed by atoms with Crippen LogP contribution < -0.4 is 15.5 Å². The Labute approximate surface area is 153 Å². The van der Waals surface area contributed by atoms with E-state index in [9.17, 15) is 4.79 Å². The van der Waals surface area contributed by atoms with Gasteiger partial charge < -0.3 is 20.3 Å². The molecular weight excluding hydrogens is 330 g/mol. The van der Waals surface area contributed by atoms with Crippen LogP contribution in [-0.4, -0.2) is 48.7 Å². The summed E-state index contributed by atoms with van der Waals surface area (Å²) in [6.07, 6.45) is 4.32. The van der Waals surface area contributed by atoms with Crippen molar-refractivity contribution in [3.8, 4) is 0 Å². The highest BCUT2D eigenvalue weighted by Gasteiger charge is 2.15. The summed E-state index contributed by atoms with van der Waals surface area (Å²) in [6, 6.07) is 7.62. The van der Waals surface area contributed by atoms with Gasteiger partial charge in [0.05, 0.1) is 18.8 Å². The average Bonchev–Trinajstić information content (AvgIpc) is 2.71. The number of carbonyl (C=O) groups excluding carboxylic acids is 1. The van der Waals surface area contributed by atoms with Crippen LogP contribution >= 0.6 is 0 Å². The fraction of sp³-hybridized carbons (Fsp3) is 0.421. The van der Waals surface area contributed by atoms with E-state index < -0.39 is 0 Å². The van der Waals surface area contributed by atoms with E-state index in [0.29, 0.717) is 18.7 Å². The molecular formula is C19H25N5O2. The predicted molar refractivity (Wildman–Crippen MR) is 101 cm³/mol. The van der Waals surface area contributed by atoms with Crippen molar-refractivity contribution in [1.82, 2.24) is 15.3 Å². The smallest absolute Gasteiger partial charge is 0.252 e. The van der Waals surface area contributed by atoms with Gasteiger partial charge in [-0.1, -0.05) is 13.0 Å². The third-order valence-electron chi connectivity index (χ3n) is 4.20. The van der Waals surface area contributed by atoms with E-state index in [-0.39, 0.29) is 5.91 Å². The highest BCUT2D eigenvalue weighted by Crippen LogP contribution is 2.19. The molecule has 1 aliphatic heterocycles. The first-order valence-electron chi connectivity index (χ1n) is 9.02. The summed E-state index contributed by atoms with van der Waals surface area (Å²) in [4.78, 5) is 23.0. The quantitative estimate of drug-likeness (QED) is 0.791. The Morgan fingerprint density at radius 1 is 1.23 bits per heavy atom. The maximum absolute atomic E-state index is 11.9. The number of morpholine rings is 1. The van der Waals surface area contributed by atoms with Gasteiger partial charge in [0.1, 0.15) is 11.6 Å². The van der Waals surface area contributed by atoms with Gasteiger partial charge in [-0.25, -0.2) is 9.97 Å². The predicted octanol–water partition coefficient (Wildman–Crippen LogP) is 2.07. The van der Waals surface area contributed by atoms with E-state index in [0.717, 1.165) is 49.9 Å². The maximum Gasteiger partial charge on any atom is 0.252 e. The van der Waals surface area contributed by atoms with Gasteiger partial charge in [0.2, 0.25) is 0 Å². The van der Waals surface area contributed by atoms with Crippen molar-refractivity contribution in [1.29, 1.82) is 0 Å². The molecule has 1 fully saturated rings. The first-order valence-corrected chi connectivity index (χ1v) is 9.02. The largest absolute Gasteiger partial charge is 0.378 e. The summed E-state index contributed by atoms with van der Waals surface area (Å²) in [5.41, 5.74) is 1.68. The minimum absolute atomic E-state index is 0.0900. The lowest BCUT2D eigenvalue weighted by Crippen LogP contribution is -2.37. The minimum Gasteiger partial charge on any atom is -0.378 e. The third kappa shape index (κ3) is 4.70. The lowest BCUT2D eigenvalue weighted by molar-refractivity contribution is 0.0953. The molecule has 0 bridgehead atoms. The lowest BCUT2D eigenvalue weighted by Gasteiger charge is -2.29. The number of aromatic nitrogens is 2. The number of pyridine rings is 2. The maximum atomic E-state index is 11.9. The van der Waals surface area contributed by atoms with Crippen LogP contribution in [0.1, 0.15) is 29.3 Å². The molecule has 1 aliphatic rings. The molecule has 7 heteroatoms. The molecule has 0 spiro atoms. The van der Waals surface area contributed by atoms with Crippen LogP contribution in [0, 0.1) is 0 Å². The number of hydrogen-bond donors (Lipinski definition) is 2. The zero-order valence-corrected chi connectivity index (χ0v) is 15.1. The van der Waals surface area contributed by atoms with Crippen molar-refractivity contribution in [2.75, 3.05) is 43.1 Å². The Hall–Kier alpha value is -2.67. The van der Waals surface area contributed by atoms with Gasteiger partial charge in [-0.2, -0.15) is 0 Å². The summed E-state index contributed by atoms with van der Waals surface area (Å²) >= 11 is 0. The molecule has 0 aliphatic carbocycles. The van der Waals surface area contributed by atoms with Gasteiger partial charge in [-0.15, -0.1) is 0 Å². The van der Waals surface area contributed by atoms with Gasteiger partial charge in [-0.3, -0.25) is 4.79 Å². The van der Waals surface area contributed by atoms with Crippen LogP contribution in [0.25, 0.3) is 0 Å². The number of nitrogens with zero attached hydrogens (tertiary/aromatic N) is 3. The summed E-state index contributed by atoms with van der Waals surface area (Å²) < 4.78 is 5.42. The summed E-state index contributed by atoms with van der Waals surface area (Å²) in [6.45, 7) is 6.47. The zero-order chi connectivity index (χ0) is 18.2. The summed E-state index contributed by atoms with van der Waals surface area (Å²) in [7, 11) is 0. The molecule has 26 heavy (non-hydrogen) atoms. The molecule has 2 N–H and O–H groups in total. The van der Waals surface area contributed by atoms with Crippen molar-refractivity contribution < 1.29 is 9.53 Å². The molecule has 0 aromatic carbocycles. The Kier molecular flexibility index (Phi) is 6.38. The highest BCUT2D eigenvalue weighted by molar-refractivity contribution is 5.94. The number of rotatable bonds is 7. The van der Waals surface area contributed by atoms with Crippen molar-refractivity contribution in [3.63, 3.8) is 0 Å². The molecule has 0 atom stereocenters. The van der Waals surface area contributed by atoms with Crippen LogP contribution in [0.4, 0.5) is 11.6 Å². The standard InChI is InChI=1S/C19H25N5O2/c1-2-7-21-19(25)16-5-6-17(23-14-16)22-13-15-4-3-8-20-18(15)24-9-11-26-12-10-24/h3-6,8,14H,2,7,9-13H2,1H3,(H,21,25)(H,22,23). The van der Waals surface area contributed by atoms with Crippen molar-refractivity contribution in [2.24, 2.45) is 0 Å². The monoisotopic (exact) mass is 355 g/mol. The lowest BCUT2D eigenvalue weighted by atomic mass is 10.2. The molecule has 138 valence electrons. The zero-order valence-electron chi connectivity index (χ0n) is 15.1. The van der Waals surface area contributed by atoms with Crippen molar-refractivity contribution in [3.05, 3.63) is 47.8 Å². The SMILES string of the molecule is CCCNC(=O)c1ccc(NCc2cccnc2N2CCOCC2)nc1. The molecule has 1 saturated heterocycles. The summed E-state index contributed by atoms with van der Waals surface area (Å²) in [5, 5.41) is 6.16. The number of ether oxygens (including phenoxy) is 1. The first kappa shape index (κ1) is 18.1. The van der Waals surface area contributed by atoms with Gasteiger partial charge >= 0.3 is 0 Å². The number of anilines is 2. The Bertz CT molecular complexity index is 714. The van der Waals surface area contributed by atoms with Gasteiger partial charge in [0.25, 0.3) is 5.91 Å². The highest BCUT2D eigenvalue weighted by atomic mass is 16.5. The van der Waals surface area contributed by atoms with E-state index >= 15 is 0 Å². The molecule has 0 unspecified atom stereocenters. The molecule has 2 aromatic heterocycles. The van der Waals surface area contributed by atoms with Gasteiger partial charge in [0, 0.05) is 44.1 Å². The Morgan fingerprint density at radius 2 is 2.08 bits per heavy atom. The van der Waals surface area contributed by atoms with Crippen molar-refractivity contribution in [2.45, 2.75) is 19.9 Å². The Morgan fingerprint density at radius 3 is 2.81 bits per heavy atom. The number of amides is 1. The van der Waals surface area contributed by atoms with E-state index in [4.69, 9.17) is 4.74 Å². The van der Waals surface area contributed by atoms with E-state index in [1.54, 1.807) is 12.3 Å². The fourth-order valence-corrected chi connectivity index (χ4v) is 2.79. The van der Waals surface area contributed by atoms with Crippen LogP contribution in [0.15, 0.2) is 36.7 Å². The molecule has 7 nitrogen and oxygen atoms in total. The molecule has 0 radical (unpaired) electrons. The van der Waals surface area contributed by atoms with E-state index in [2.05, 4.69) is 31.6 Å². The molecule has 1 amide bonds. The first-order chi connectivity index (χ1) is 12.8. The average molecular weight is 355 g/mol. The molecule has 2 aromatic rings. The minimum atomic E-state index is -0.0900. The van der Waals surface area contributed by atoms with Crippen LogP contribution in [0.5, 0.6) is 0 Å². The second-order valence-corrected chi connectivity index (χ2v) is 6.13. The van der Waals surface area contributed by atoms with Gasteiger partial charge in [-0.05, 0) is 24.6 Å². The van der Waals surface area contributed by atoms with Crippen LogP contribution in [-0.2, 0) is 11.3 Å². The van der Waals surface area contributed by atoms with E-state index in [1.807, 2.05) is 25.3 Å². The topological polar surface area (TPSA) is 79.4 Å². The molecule has 0 saturated carbocycles. The number of hydrogen-bond acceptors (Lipinski definition) is 6. The van der Waals surface area contributed by atoms with Crippen LogP contribution in [0.2, 0.25) is 0 Å². The molecule has 3 heterocycles. The van der Waals surface area contributed by atoms with E-state index in [1.165, 1.54) is 0 Å². The second-order valence-electron chi connectivity index (χ2n) is 6.13. The van der Waals surface area contributed by atoms with Crippen LogP contribution in [0.3, 0.4) is 0 Å². The number of carbonyl (C=O) groups is 1. The normalized spacial score (nSPS) is 14.1. The molecule has 3 rings (SSSR count).